The van der Waals surface area contributed by atoms with Gasteiger partial charge in [0.2, 0.25) is 11.2 Å². The first kappa shape index (κ1) is 9.45. The molecular weight excluding hydrogens is 204 g/mol. The van der Waals surface area contributed by atoms with Crippen molar-refractivity contribution >= 4 is 17.5 Å². The summed E-state index contributed by atoms with van der Waals surface area (Å²) >= 11 is 5.74. The quantitative estimate of drug-likeness (QED) is 0.755. The van der Waals surface area contributed by atoms with Gasteiger partial charge >= 0.3 is 6.01 Å². The molecule has 0 bridgehead atoms. The van der Waals surface area contributed by atoms with E-state index in [1.165, 1.54) is 6.42 Å². The van der Waals surface area contributed by atoms with Crippen molar-refractivity contribution in [3.8, 4) is 6.01 Å². The number of rotatable bonds is 3. The van der Waals surface area contributed by atoms with Gasteiger partial charge in [-0.05, 0) is 24.9 Å². The zero-order valence-corrected chi connectivity index (χ0v) is 8.66. The largest absolute Gasteiger partial charge is 0.464 e. The van der Waals surface area contributed by atoms with Crippen LogP contribution in [-0.4, -0.2) is 34.6 Å². The van der Waals surface area contributed by atoms with Crippen LogP contribution in [0.3, 0.4) is 0 Å². The summed E-state index contributed by atoms with van der Waals surface area (Å²) in [5.74, 6) is 0.611. The van der Waals surface area contributed by atoms with E-state index < -0.39 is 0 Å². The SMILES string of the molecule is CCOc1nc(Cl)nc(N2CCC2)n1. The first-order valence-electron chi connectivity index (χ1n) is 4.59. The molecule has 0 aliphatic carbocycles. The highest BCUT2D eigenvalue weighted by atomic mass is 35.5. The Morgan fingerprint density at radius 3 is 2.71 bits per heavy atom. The predicted octanol–water partition coefficient (Wildman–Crippen LogP) is 1.13. The molecule has 14 heavy (non-hydrogen) atoms. The molecule has 0 aromatic carbocycles. The van der Waals surface area contributed by atoms with Crippen LogP contribution in [0.4, 0.5) is 5.95 Å². The van der Waals surface area contributed by atoms with Gasteiger partial charge in [0.1, 0.15) is 0 Å². The van der Waals surface area contributed by atoms with Crippen molar-refractivity contribution in [2.75, 3.05) is 24.6 Å². The topological polar surface area (TPSA) is 51.1 Å². The third-order valence-electron chi connectivity index (χ3n) is 1.99. The molecule has 2 heterocycles. The van der Waals surface area contributed by atoms with Crippen LogP contribution in [0.2, 0.25) is 5.28 Å². The van der Waals surface area contributed by atoms with Crippen molar-refractivity contribution in [2.24, 2.45) is 0 Å². The van der Waals surface area contributed by atoms with Gasteiger partial charge in [0.15, 0.2) is 0 Å². The van der Waals surface area contributed by atoms with Crippen LogP contribution in [0.5, 0.6) is 6.01 Å². The zero-order chi connectivity index (χ0) is 9.97. The van der Waals surface area contributed by atoms with Crippen molar-refractivity contribution in [2.45, 2.75) is 13.3 Å². The van der Waals surface area contributed by atoms with Crippen molar-refractivity contribution < 1.29 is 4.74 Å². The van der Waals surface area contributed by atoms with Crippen LogP contribution >= 0.6 is 11.6 Å². The van der Waals surface area contributed by atoms with Gasteiger partial charge in [-0.15, -0.1) is 0 Å². The minimum Gasteiger partial charge on any atom is -0.464 e. The Labute approximate surface area is 87.1 Å². The van der Waals surface area contributed by atoms with Crippen molar-refractivity contribution in [1.29, 1.82) is 0 Å². The molecule has 0 amide bonds. The van der Waals surface area contributed by atoms with Crippen LogP contribution in [0.25, 0.3) is 0 Å². The van der Waals surface area contributed by atoms with E-state index in [0.717, 1.165) is 13.1 Å². The molecule has 0 radical (unpaired) electrons. The second kappa shape index (κ2) is 3.96. The Kier molecular flexibility index (Phi) is 2.67. The van der Waals surface area contributed by atoms with E-state index in [9.17, 15) is 0 Å². The fraction of sp³-hybridized carbons (Fsp3) is 0.625. The van der Waals surface area contributed by atoms with Crippen LogP contribution in [0.1, 0.15) is 13.3 Å². The molecule has 1 aliphatic heterocycles. The smallest absolute Gasteiger partial charge is 0.322 e. The van der Waals surface area contributed by atoms with Gasteiger partial charge in [-0.1, -0.05) is 0 Å². The number of anilines is 1. The van der Waals surface area contributed by atoms with Gasteiger partial charge in [-0.3, -0.25) is 0 Å². The lowest BCUT2D eigenvalue weighted by Gasteiger charge is -2.30. The van der Waals surface area contributed by atoms with Gasteiger partial charge < -0.3 is 9.64 Å². The highest BCUT2D eigenvalue weighted by Crippen LogP contribution is 2.19. The predicted molar refractivity (Wildman–Crippen MR) is 52.8 cm³/mol. The highest BCUT2D eigenvalue weighted by molar-refractivity contribution is 6.28. The molecular formula is C8H11ClN4O. The lowest BCUT2D eigenvalue weighted by atomic mass is 10.2. The normalized spacial score (nSPS) is 15.1. The van der Waals surface area contributed by atoms with Crippen LogP contribution in [-0.2, 0) is 0 Å². The van der Waals surface area contributed by atoms with Crippen molar-refractivity contribution in [3.63, 3.8) is 0 Å². The fourth-order valence-electron chi connectivity index (χ4n) is 1.17. The lowest BCUT2D eigenvalue weighted by molar-refractivity contribution is 0.311. The first-order chi connectivity index (χ1) is 6.79. The van der Waals surface area contributed by atoms with Crippen LogP contribution < -0.4 is 9.64 Å². The molecule has 0 saturated carbocycles. The standard InChI is InChI=1S/C8H11ClN4O/c1-2-14-8-11-6(9)10-7(12-8)13-4-3-5-13/h2-5H2,1H3. The maximum Gasteiger partial charge on any atom is 0.322 e. The molecule has 0 spiro atoms. The van der Waals surface area contributed by atoms with Crippen molar-refractivity contribution in [1.82, 2.24) is 15.0 Å². The first-order valence-corrected chi connectivity index (χ1v) is 4.96. The Morgan fingerprint density at radius 1 is 1.36 bits per heavy atom. The number of hydrogen-bond donors (Lipinski definition) is 0. The molecule has 1 aromatic rings. The molecule has 0 N–H and O–H groups in total. The molecule has 1 fully saturated rings. The Morgan fingerprint density at radius 2 is 2.14 bits per heavy atom. The Hall–Kier alpha value is -1.10. The number of ether oxygens (including phenoxy) is 1. The molecule has 5 nitrogen and oxygen atoms in total. The van der Waals surface area contributed by atoms with E-state index in [0.29, 0.717) is 18.6 Å². The maximum absolute atomic E-state index is 5.74. The highest BCUT2D eigenvalue weighted by Gasteiger charge is 2.19. The van der Waals surface area contributed by atoms with Crippen LogP contribution in [0, 0.1) is 0 Å². The van der Waals surface area contributed by atoms with E-state index in [1.807, 2.05) is 11.8 Å². The van der Waals surface area contributed by atoms with Crippen molar-refractivity contribution in [3.05, 3.63) is 5.28 Å². The van der Waals surface area contributed by atoms with Crippen LogP contribution in [0.15, 0.2) is 0 Å². The monoisotopic (exact) mass is 214 g/mol. The molecule has 0 atom stereocenters. The number of halogens is 1. The Balaban J connectivity index is 2.21. The van der Waals surface area contributed by atoms with E-state index in [4.69, 9.17) is 16.3 Å². The van der Waals surface area contributed by atoms with E-state index in [1.54, 1.807) is 0 Å². The van der Waals surface area contributed by atoms with Gasteiger partial charge in [0.25, 0.3) is 0 Å². The van der Waals surface area contributed by atoms with Gasteiger partial charge in [0, 0.05) is 13.1 Å². The molecule has 1 aromatic heterocycles. The zero-order valence-electron chi connectivity index (χ0n) is 7.90. The van der Waals surface area contributed by atoms with E-state index >= 15 is 0 Å². The molecule has 1 aliphatic rings. The molecule has 6 heteroatoms. The summed E-state index contributed by atoms with van der Waals surface area (Å²) < 4.78 is 5.17. The third-order valence-corrected chi connectivity index (χ3v) is 2.16. The summed E-state index contributed by atoms with van der Waals surface area (Å²) in [6.45, 7) is 4.36. The lowest BCUT2D eigenvalue weighted by Crippen LogP contribution is -2.38. The number of aromatic nitrogens is 3. The summed E-state index contributed by atoms with van der Waals surface area (Å²) in [4.78, 5) is 14.1. The minimum absolute atomic E-state index is 0.186. The average molecular weight is 215 g/mol. The number of hydrogen-bond acceptors (Lipinski definition) is 5. The average Bonchev–Trinajstić information content (AvgIpc) is 1.99. The summed E-state index contributed by atoms with van der Waals surface area (Å²) in [6, 6.07) is 0.300. The minimum atomic E-state index is 0.186. The third kappa shape index (κ3) is 1.87. The van der Waals surface area contributed by atoms with E-state index in [-0.39, 0.29) is 5.28 Å². The summed E-state index contributed by atoms with van der Waals surface area (Å²) in [5, 5.41) is 0.186. The second-order valence-electron chi connectivity index (χ2n) is 2.96. The molecule has 0 unspecified atom stereocenters. The molecule has 76 valence electrons. The Bertz CT molecular complexity index is 329. The van der Waals surface area contributed by atoms with Gasteiger partial charge in [0.05, 0.1) is 6.61 Å². The van der Waals surface area contributed by atoms with Gasteiger partial charge in [-0.2, -0.15) is 15.0 Å². The second-order valence-corrected chi connectivity index (χ2v) is 3.30. The van der Waals surface area contributed by atoms with E-state index in [2.05, 4.69) is 15.0 Å². The summed E-state index contributed by atoms with van der Waals surface area (Å²) in [5.41, 5.74) is 0. The summed E-state index contributed by atoms with van der Waals surface area (Å²) in [7, 11) is 0. The fourth-order valence-corrected chi connectivity index (χ4v) is 1.32. The summed E-state index contributed by atoms with van der Waals surface area (Å²) in [6.07, 6.45) is 1.17. The van der Waals surface area contributed by atoms with Gasteiger partial charge in [-0.25, -0.2) is 0 Å². The molecule has 2 rings (SSSR count). The number of nitrogens with zero attached hydrogens (tertiary/aromatic N) is 4. The maximum atomic E-state index is 5.74. The molecule has 1 saturated heterocycles.